The van der Waals surface area contributed by atoms with Crippen molar-refractivity contribution in [2.45, 2.75) is 11.8 Å². The van der Waals surface area contributed by atoms with Crippen molar-refractivity contribution in [2.75, 3.05) is 5.32 Å². The molecule has 1 amide bonds. The van der Waals surface area contributed by atoms with Crippen molar-refractivity contribution in [1.82, 2.24) is 0 Å². The highest BCUT2D eigenvalue weighted by Crippen LogP contribution is 2.41. The summed E-state index contributed by atoms with van der Waals surface area (Å²) in [6.07, 6.45) is 0. The number of benzene rings is 2. The van der Waals surface area contributed by atoms with Crippen molar-refractivity contribution < 1.29 is 22.9 Å². The lowest BCUT2D eigenvalue weighted by molar-refractivity contribution is -0.114. The lowest BCUT2D eigenvalue weighted by Gasteiger charge is -2.09. The van der Waals surface area contributed by atoms with Crippen LogP contribution >= 0.6 is 0 Å². The van der Waals surface area contributed by atoms with Crippen molar-refractivity contribution in [1.29, 1.82) is 0 Å². The Kier molecular flexibility index (Phi) is 3.62. The van der Waals surface area contributed by atoms with Crippen LogP contribution in [-0.2, 0) is 14.9 Å². The van der Waals surface area contributed by atoms with Crippen LogP contribution in [0.3, 0.4) is 0 Å². The van der Waals surface area contributed by atoms with E-state index in [4.69, 9.17) is 4.55 Å². The van der Waals surface area contributed by atoms with Gasteiger partial charge in [0.2, 0.25) is 5.91 Å². The summed E-state index contributed by atoms with van der Waals surface area (Å²) in [5, 5.41) is 15.3. The molecule has 3 N–H and O–H groups in total. The van der Waals surface area contributed by atoms with Crippen LogP contribution < -0.4 is 5.32 Å². The number of amides is 1. The van der Waals surface area contributed by atoms with Crippen molar-refractivity contribution in [2.24, 2.45) is 5.18 Å². The number of aromatic hydroxyl groups is 1. The number of fused-ring (bicyclic) bond motifs is 1. The van der Waals surface area contributed by atoms with E-state index in [1.807, 2.05) is 0 Å². The van der Waals surface area contributed by atoms with Crippen LogP contribution in [0.1, 0.15) is 6.92 Å². The Morgan fingerprint density at radius 1 is 1.29 bits per heavy atom. The first-order valence-electron chi connectivity index (χ1n) is 5.62. The number of hydrogen-bond acceptors (Lipinski definition) is 6. The summed E-state index contributed by atoms with van der Waals surface area (Å²) >= 11 is 0. The standard InChI is InChI=1S/C12H10N2O6S/c1-6(15)13-8-3-2-7-4-10(21(18,19)20)11(14-17)12(16)9(7)5-8/h2-5,16H,1H3,(H,13,15)(H,18,19,20). The van der Waals surface area contributed by atoms with Gasteiger partial charge in [0.15, 0.2) is 11.4 Å². The molecule has 0 fully saturated rings. The van der Waals surface area contributed by atoms with Crippen LogP contribution in [0, 0.1) is 4.91 Å². The topological polar surface area (TPSA) is 133 Å². The van der Waals surface area contributed by atoms with Gasteiger partial charge in [0.25, 0.3) is 10.1 Å². The number of hydrogen-bond donors (Lipinski definition) is 3. The number of nitrogens with zero attached hydrogens (tertiary/aromatic N) is 1. The van der Waals surface area contributed by atoms with E-state index >= 15 is 0 Å². The summed E-state index contributed by atoms with van der Waals surface area (Å²) in [6, 6.07) is 5.27. The van der Waals surface area contributed by atoms with E-state index in [0.29, 0.717) is 5.69 Å². The number of rotatable bonds is 3. The molecule has 0 aliphatic carbocycles. The number of carbonyl (C=O) groups is 1. The van der Waals surface area contributed by atoms with Crippen LogP contribution in [0.4, 0.5) is 11.4 Å². The molecule has 0 saturated carbocycles. The molecule has 0 aliphatic heterocycles. The Morgan fingerprint density at radius 3 is 2.48 bits per heavy atom. The second-order valence-corrected chi connectivity index (χ2v) is 5.65. The van der Waals surface area contributed by atoms with E-state index in [0.717, 1.165) is 6.07 Å². The molecule has 8 nitrogen and oxygen atoms in total. The van der Waals surface area contributed by atoms with Crippen molar-refractivity contribution in [3.63, 3.8) is 0 Å². The summed E-state index contributed by atoms with van der Waals surface area (Å²) in [5.74, 6) is -1.03. The van der Waals surface area contributed by atoms with E-state index < -0.39 is 26.5 Å². The van der Waals surface area contributed by atoms with E-state index in [1.165, 1.54) is 25.1 Å². The number of anilines is 1. The predicted molar refractivity (Wildman–Crippen MR) is 75.2 cm³/mol. The van der Waals surface area contributed by atoms with E-state index in [9.17, 15) is 23.2 Å². The van der Waals surface area contributed by atoms with Crippen molar-refractivity contribution >= 4 is 38.2 Å². The van der Waals surface area contributed by atoms with E-state index in [-0.39, 0.29) is 16.7 Å². The van der Waals surface area contributed by atoms with Gasteiger partial charge in [-0.25, -0.2) is 0 Å². The molecule has 0 bridgehead atoms. The molecular weight excluding hydrogens is 300 g/mol. The molecule has 0 radical (unpaired) electrons. The van der Waals surface area contributed by atoms with Crippen molar-refractivity contribution in [3.8, 4) is 5.75 Å². The molecule has 2 aromatic carbocycles. The van der Waals surface area contributed by atoms with E-state index in [2.05, 4.69) is 10.5 Å². The number of nitrogens with one attached hydrogen (secondary N) is 1. The Labute approximate surface area is 119 Å². The Morgan fingerprint density at radius 2 is 1.95 bits per heavy atom. The van der Waals surface area contributed by atoms with Crippen LogP contribution in [-0.4, -0.2) is 24.0 Å². The molecule has 0 atom stereocenters. The number of phenolic OH excluding ortho intramolecular Hbond substituents is 1. The molecule has 2 rings (SSSR count). The fourth-order valence-corrected chi connectivity index (χ4v) is 2.56. The molecule has 110 valence electrons. The molecule has 0 aromatic heterocycles. The smallest absolute Gasteiger partial charge is 0.296 e. The Hall–Kier alpha value is -2.52. The van der Waals surface area contributed by atoms with Gasteiger partial charge in [-0.3, -0.25) is 9.35 Å². The summed E-state index contributed by atoms with van der Waals surface area (Å²) < 4.78 is 31.5. The zero-order chi connectivity index (χ0) is 15.8. The second kappa shape index (κ2) is 5.11. The fraction of sp³-hybridized carbons (Fsp3) is 0.0833. The monoisotopic (exact) mass is 310 g/mol. The molecular formula is C12H10N2O6S. The van der Waals surface area contributed by atoms with Gasteiger partial charge in [0.05, 0.1) is 0 Å². The van der Waals surface area contributed by atoms with Gasteiger partial charge in [0, 0.05) is 18.0 Å². The lowest BCUT2D eigenvalue weighted by atomic mass is 10.1. The Bertz CT molecular complexity index is 860. The highest BCUT2D eigenvalue weighted by molar-refractivity contribution is 7.86. The van der Waals surface area contributed by atoms with Gasteiger partial charge in [-0.15, -0.1) is 4.91 Å². The fourth-order valence-electron chi connectivity index (χ4n) is 1.91. The highest BCUT2D eigenvalue weighted by atomic mass is 32.2. The van der Waals surface area contributed by atoms with Crippen LogP contribution in [0.5, 0.6) is 5.75 Å². The number of carbonyl (C=O) groups excluding carboxylic acids is 1. The third kappa shape index (κ3) is 2.83. The summed E-state index contributed by atoms with van der Waals surface area (Å²) in [4.78, 5) is 21.0. The zero-order valence-electron chi connectivity index (χ0n) is 10.7. The average molecular weight is 310 g/mol. The molecule has 2 aromatic rings. The van der Waals surface area contributed by atoms with Crippen LogP contribution in [0.15, 0.2) is 34.3 Å². The van der Waals surface area contributed by atoms with Gasteiger partial charge < -0.3 is 10.4 Å². The summed E-state index contributed by atoms with van der Waals surface area (Å²) in [7, 11) is -4.71. The highest BCUT2D eigenvalue weighted by Gasteiger charge is 2.22. The molecule has 0 aliphatic rings. The first-order valence-corrected chi connectivity index (χ1v) is 7.06. The van der Waals surface area contributed by atoms with Crippen molar-refractivity contribution in [3.05, 3.63) is 29.2 Å². The molecule has 0 heterocycles. The minimum Gasteiger partial charge on any atom is -0.505 e. The normalized spacial score (nSPS) is 11.3. The SMILES string of the molecule is CC(=O)Nc1ccc2cc(S(=O)(=O)O)c(N=O)c(O)c2c1. The molecule has 21 heavy (non-hydrogen) atoms. The third-order valence-electron chi connectivity index (χ3n) is 2.74. The maximum atomic E-state index is 11.2. The predicted octanol–water partition coefficient (Wildman–Crippen LogP) is 2.15. The van der Waals surface area contributed by atoms with Gasteiger partial charge in [-0.05, 0) is 28.8 Å². The van der Waals surface area contributed by atoms with Crippen LogP contribution in [0.25, 0.3) is 10.8 Å². The van der Waals surface area contributed by atoms with Gasteiger partial charge >= 0.3 is 0 Å². The summed E-state index contributed by atoms with van der Waals surface area (Å²) in [6.45, 7) is 1.30. The van der Waals surface area contributed by atoms with Gasteiger partial charge in [-0.2, -0.15) is 8.42 Å². The number of nitroso groups, excluding NO2 is 1. The molecule has 0 spiro atoms. The van der Waals surface area contributed by atoms with Gasteiger partial charge in [-0.1, -0.05) is 6.07 Å². The van der Waals surface area contributed by atoms with E-state index in [1.54, 1.807) is 0 Å². The minimum atomic E-state index is -4.71. The molecule has 0 unspecified atom stereocenters. The largest absolute Gasteiger partial charge is 0.505 e. The van der Waals surface area contributed by atoms with Crippen LogP contribution in [0.2, 0.25) is 0 Å². The third-order valence-corrected chi connectivity index (χ3v) is 3.61. The molecule has 9 heteroatoms. The zero-order valence-corrected chi connectivity index (χ0v) is 11.5. The maximum absolute atomic E-state index is 11.2. The average Bonchev–Trinajstić information content (AvgIpc) is 2.37. The maximum Gasteiger partial charge on any atom is 0.296 e. The minimum absolute atomic E-state index is 0.114. The number of phenols is 1. The lowest BCUT2D eigenvalue weighted by Crippen LogP contribution is -2.05. The first kappa shape index (κ1) is 14.9. The van der Waals surface area contributed by atoms with Gasteiger partial charge in [0.1, 0.15) is 4.90 Å². The molecule has 0 saturated heterocycles. The quantitative estimate of drug-likeness (QED) is 0.587. The summed E-state index contributed by atoms with van der Waals surface area (Å²) in [5.41, 5.74) is -0.438. The second-order valence-electron chi connectivity index (χ2n) is 4.26. The Balaban J connectivity index is 2.80. The first-order chi connectivity index (χ1) is 9.74.